The van der Waals surface area contributed by atoms with Crippen LogP contribution in [-0.4, -0.2) is 34.5 Å². The maximum absolute atomic E-state index is 12.8. The second kappa shape index (κ2) is 6.99. The summed E-state index contributed by atoms with van der Waals surface area (Å²) in [6.07, 6.45) is 2.44. The molecule has 3 aromatic rings. The van der Waals surface area contributed by atoms with Gasteiger partial charge >= 0.3 is 0 Å². The van der Waals surface area contributed by atoms with Gasteiger partial charge in [0.05, 0.1) is 16.8 Å². The predicted molar refractivity (Wildman–Crippen MR) is 107 cm³/mol. The summed E-state index contributed by atoms with van der Waals surface area (Å²) in [5, 5.41) is 13.4. The fraction of sp³-hybridized carbons (Fsp3) is 0.250. The highest BCUT2D eigenvalue weighted by Crippen LogP contribution is 2.38. The minimum atomic E-state index is -0.151. The van der Waals surface area contributed by atoms with Gasteiger partial charge in [0.25, 0.3) is 5.56 Å². The number of hydrogen-bond donors (Lipinski definition) is 1. The van der Waals surface area contributed by atoms with Crippen LogP contribution in [-0.2, 0) is 13.0 Å². The van der Waals surface area contributed by atoms with Crippen LogP contribution in [0.15, 0.2) is 40.1 Å². The summed E-state index contributed by atoms with van der Waals surface area (Å²) in [4.78, 5) is 20.7. The van der Waals surface area contributed by atoms with E-state index in [4.69, 9.17) is 0 Å². The standard InChI is InChI=1S/C20H19N5OS/c1-13-17(20(26)25(23-13)14-6-4-3-5-7-14)11-22-19-16(10-21)15-8-9-24(2)12-18(15)27-19/h3-7,11,23H,8-9,12H2,1-2H3/b22-11+. The van der Waals surface area contributed by atoms with Crippen molar-refractivity contribution in [3.05, 3.63) is 67.9 Å². The molecule has 1 aliphatic heterocycles. The van der Waals surface area contributed by atoms with Gasteiger partial charge < -0.3 is 4.90 Å². The first-order chi connectivity index (χ1) is 13.1. The number of aromatic amines is 1. The van der Waals surface area contributed by atoms with Gasteiger partial charge in [-0.3, -0.25) is 9.89 Å². The first-order valence-corrected chi connectivity index (χ1v) is 9.54. The number of nitrogens with one attached hydrogen (secondary N) is 1. The molecule has 3 heterocycles. The number of nitrogens with zero attached hydrogens (tertiary/aromatic N) is 4. The lowest BCUT2D eigenvalue weighted by Crippen LogP contribution is -2.25. The third-order valence-electron chi connectivity index (χ3n) is 4.78. The van der Waals surface area contributed by atoms with Crippen LogP contribution in [0.4, 0.5) is 5.00 Å². The van der Waals surface area contributed by atoms with E-state index in [1.54, 1.807) is 17.6 Å². The van der Waals surface area contributed by atoms with Crippen LogP contribution in [0.1, 0.15) is 27.3 Å². The molecule has 2 aromatic heterocycles. The van der Waals surface area contributed by atoms with Crippen LogP contribution >= 0.6 is 11.3 Å². The molecule has 0 amide bonds. The maximum Gasteiger partial charge on any atom is 0.280 e. The van der Waals surface area contributed by atoms with Crippen LogP contribution in [0.2, 0.25) is 0 Å². The second-order valence-corrected chi connectivity index (χ2v) is 7.75. The number of nitriles is 1. The van der Waals surface area contributed by atoms with Crippen molar-refractivity contribution in [1.29, 1.82) is 5.26 Å². The fourth-order valence-corrected chi connectivity index (χ4v) is 4.54. The number of aliphatic imine (C=N–C) groups is 1. The van der Waals surface area contributed by atoms with Crippen molar-refractivity contribution < 1.29 is 0 Å². The highest BCUT2D eigenvalue weighted by molar-refractivity contribution is 7.16. The molecule has 0 unspecified atom stereocenters. The van der Waals surface area contributed by atoms with Crippen molar-refractivity contribution in [3.63, 3.8) is 0 Å². The van der Waals surface area contributed by atoms with Crippen LogP contribution < -0.4 is 5.56 Å². The van der Waals surface area contributed by atoms with E-state index in [-0.39, 0.29) is 5.56 Å². The van der Waals surface area contributed by atoms with E-state index < -0.39 is 0 Å². The van der Waals surface area contributed by atoms with Crippen LogP contribution in [0.5, 0.6) is 0 Å². The van der Waals surface area contributed by atoms with Crippen molar-refractivity contribution in [2.75, 3.05) is 13.6 Å². The number of aryl methyl sites for hydroxylation is 1. The van der Waals surface area contributed by atoms with Gasteiger partial charge in [0, 0.05) is 29.9 Å². The molecule has 7 heteroatoms. The van der Waals surface area contributed by atoms with Crippen molar-refractivity contribution in [2.24, 2.45) is 4.99 Å². The lowest BCUT2D eigenvalue weighted by atomic mass is 10.0. The largest absolute Gasteiger partial charge is 0.301 e. The lowest BCUT2D eigenvalue weighted by molar-refractivity contribution is 0.317. The Morgan fingerprint density at radius 2 is 2.11 bits per heavy atom. The zero-order valence-corrected chi connectivity index (χ0v) is 16.0. The first-order valence-electron chi connectivity index (χ1n) is 8.72. The minimum Gasteiger partial charge on any atom is -0.301 e. The Balaban J connectivity index is 1.72. The van der Waals surface area contributed by atoms with Crippen LogP contribution in [0.3, 0.4) is 0 Å². The van der Waals surface area contributed by atoms with E-state index in [0.29, 0.717) is 16.1 Å². The molecule has 0 saturated heterocycles. The molecule has 6 nitrogen and oxygen atoms in total. The highest BCUT2D eigenvalue weighted by Gasteiger charge is 2.22. The molecule has 1 aliphatic rings. The second-order valence-electron chi connectivity index (χ2n) is 6.67. The number of likely N-dealkylation sites (N-methyl/N-ethyl adjacent to an activating group) is 1. The molecule has 0 radical (unpaired) electrons. The predicted octanol–water partition coefficient (Wildman–Crippen LogP) is 3.15. The topological polar surface area (TPSA) is 77.2 Å². The molecule has 136 valence electrons. The number of benzene rings is 1. The molecule has 0 saturated carbocycles. The molecule has 0 fully saturated rings. The van der Waals surface area contributed by atoms with Gasteiger partial charge in [-0.25, -0.2) is 9.67 Å². The molecule has 0 aliphatic carbocycles. The Hall–Kier alpha value is -2.95. The fourth-order valence-electron chi connectivity index (χ4n) is 3.32. The molecule has 0 spiro atoms. The monoisotopic (exact) mass is 377 g/mol. The minimum absolute atomic E-state index is 0.151. The molecular formula is C20H19N5OS. The Kier molecular flexibility index (Phi) is 4.52. The van der Waals surface area contributed by atoms with Gasteiger partial charge in [0.1, 0.15) is 11.1 Å². The number of rotatable bonds is 3. The average Bonchev–Trinajstić information content (AvgIpc) is 3.16. The van der Waals surface area contributed by atoms with E-state index in [9.17, 15) is 10.1 Å². The van der Waals surface area contributed by atoms with Gasteiger partial charge in [-0.1, -0.05) is 18.2 Å². The van der Waals surface area contributed by atoms with Gasteiger partial charge in [-0.05, 0) is 38.1 Å². The molecule has 1 aromatic carbocycles. The normalized spacial score (nSPS) is 14.4. The van der Waals surface area contributed by atoms with Crippen molar-refractivity contribution in [3.8, 4) is 11.8 Å². The van der Waals surface area contributed by atoms with Gasteiger partial charge in [-0.2, -0.15) is 5.26 Å². The van der Waals surface area contributed by atoms with Gasteiger partial charge in [-0.15, -0.1) is 11.3 Å². The molecule has 0 atom stereocenters. The number of hydrogen-bond acceptors (Lipinski definition) is 5. The van der Waals surface area contributed by atoms with Crippen LogP contribution in [0.25, 0.3) is 5.69 Å². The number of H-pyrrole nitrogens is 1. The third-order valence-corrected chi connectivity index (χ3v) is 5.91. The quantitative estimate of drug-likeness (QED) is 0.712. The third kappa shape index (κ3) is 3.14. The SMILES string of the molecule is Cc1[nH]n(-c2ccccc2)c(=O)c1/C=N/c1sc2c(c1C#N)CCN(C)C2. The summed E-state index contributed by atoms with van der Waals surface area (Å²) >= 11 is 1.54. The molecule has 0 bridgehead atoms. The maximum atomic E-state index is 12.8. The zero-order valence-electron chi connectivity index (χ0n) is 15.2. The molecular weight excluding hydrogens is 358 g/mol. The van der Waals surface area contributed by atoms with E-state index in [1.807, 2.05) is 37.3 Å². The number of thiophene rings is 1. The lowest BCUT2D eigenvalue weighted by Gasteiger charge is -2.21. The summed E-state index contributed by atoms with van der Waals surface area (Å²) in [6.45, 7) is 3.64. The van der Waals surface area contributed by atoms with Crippen molar-refractivity contribution in [1.82, 2.24) is 14.7 Å². The molecule has 27 heavy (non-hydrogen) atoms. The summed E-state index contributed by atoms with van der Waals surface area (Å²) in [5.41, 5.74) is 3.63. The summed E-state index contributed by atoms with van der Waals surface area (Å²) < 4.78 is 1.51. The summed E-state index contributed by atoms with van der Waals surface area (Å²) in [5.74, 6) is 0. The number of fused-ring (bicyclic) bond motifs is 1. The van der Waals surface area contributed by atoms with Crippen molar-refractivity contribution in [2.45, 2.75) is 19.9 Å². The van der Waals surface area contributed by atoms with E-state index in [0.717, 1.165) is 36.5 Å². The summed E-state index contributed by atoms with van der Waals surface area (Å²) in [7, 11) is 2.08. The van der Waals surface area contributed by atoms with E-state index >= 15 is 0 Å². The summed E-state index contributed by atoms with van der Waals surface area (Å²) in [6, 6.07) is 11.7. The zero-order chi connectivity index (χ0) is 19.0. The average molecular weight is 377 g/mol. The van der Waals surface area contributed by atoms with Crippen molar-refractivity contribution >= 4 is 22.6 Å². The Morgan fingerprint density at radius 3 is 2.85 bits per heavy atom. The van der Waals surface area contributed by atoms with E-state index in [1.165, 1.54) is 9.56 Å². The van der Waals surface area contributed by atoms with Gasteiger partial charge in [0.15, 0.2) is 0 Å². The number of aromatic nitrogens is 2. The van der Waals surface area contributed by atoms with Crippen LogP contribution in [0, 0.1) is 18.3 Å². The molecule has 4 rings (SSSR count). The Labute approximate surface area is 161 Å². The smallest absolute Gasteiger partial charge is 0.280 e. The van der Waals surface area contributed by atoms with E-state index in [2.05, 4.69) is 28.1 Å². The first kappa shape index (κ1) is 17.5. The molecule has 1 N–H and O–H groups in total. The Morgan fingerprint density at radius 1 is 1.33 bits per heavy atom. The Bertz CT molecular complexity index is 1110. The highest BCUT2D eigenvalue weighted by atomic mass is 32.1. The van der Waals surface area contributed by atoms with Gasteiger partial charge in [0.2, 0.25) is 0 Å². The number of para-hydroxylation sites is 1.